The summed E-state index contributed by atoms with van der Waals surface area (Å²) >= 11 is 1.92. The molecule has 4 rings (SSSR count). The first-order valence-electron chi connectivity index (χ1n) is 9.56. The van der Waals surface area contributed by atoms with Crippen LogP contribution in [0.15, 0.2) is 16.4 Å². The van der Waals surface area contributed by atoms with Crippen molar-refractivity contribution >= 4 is 17.3 Å². The maximum absolute atomic E-state index is 4.55. The van der Waals surface area contributed by atoms with Crippen molar-refractivity contribution < 1.29 is 0 Å². The molecule has 0 spiro atoms. The number of aliphatic imine (C=N–C) groups is 1. The van der Waals surface area contributed by atoms with Gasteiger partial charge in [-0.05, 0) is 48.1 Å². The predicted octanol–water partition coefficient (Wildman–Crippen LogP) is 2.80. The number of hydrogen-bond donors (Lipinski definition) is 1. The van der Waals surface area contributed by atoms with Crippen molar-refractivity contribution in [2.45, 2.75) is 38.6 Å². The monoisotopic (exact) mass is 346 g/mol. The molecule has 1 aliphatic carbocycles. The molecule has 0 amide bonds. The van der Waals surface area contributed by atoms with E-state index in [1.807, 2.05) is 18.4 Å². The summed E-state index contributed by atoms with van der Waals surface area (Å²) in [5, 5.41) is 5.86. The van der Waals surface area contributed by atoms with E-state index in [0.717, 1.165) is 37.4 Å². The van der Waals surface area contributed by atoms with Gasteiger partial charge in [-0.1, -0.05) is 12.8 Å². The molecule has 0 radical (unpaired) electrons. The molecule has 1 aromatic rings. The quantitative estimate of drug-likeness (QED) is 0.674. The average Bonchev–Trinajstić information content (AvgIpc) is 3.24. The third kappa shape index (κ3) is 3.47. The number of hydrogen-bond acceptors (Lipinski definition) is 3. The van der Waals surface area contributed by atoms with Crippen LogP contribution < -0.4 is 5.32 Å². The lowest BCUT2D eigenvalue weighted by atomic mass is 9.82. The van der Waals surface area contributed by atoms with Crippen molar-refractivity contribution in [2.75, 3.05) is 39.8 Å². The molecule has 1 N–H and O–H groups in total. The minimum atomic E-state index is 0.913. The maximum Gasteiger partial charge on any atom is 0.193 e. The number of guanidine groups is 1. The van der Waals surface area contributed by atoms with Gasteiger partial charge in [-0.3, -0.25) is 9.89 Å². The zero-order valence-electron chi connectivity index (χ0n) is 14.8. The van der Waals surface area contributed by atoms with Gasteiger partial charge in [-0.2, -0.15) is 0 Å². The summed E-state index contributed by atoms with van der Waals surface area (Å²) in [6, 6.07) is 2.30. The zero-order valence-corrected chi connectivity index (χ0v) is 15.7. The number of nitrogens with one attached hydrogen (secondary N) is 1. The van der Waals surface area contributed by atoms with E-state index < -0.39 is 0 Å². The molecule has 2 aliphatic heterocycles. The number of nitrogens with zero attached hydrogens (tertiary/aromatic N) is 3. The fourth-order valence-electron chi connectivity index (χ4n) is 4.73. The highest BCUT2D eigenvalue weighted by Gasteiger charge is 2.35. The first-order valence-corrected chi connectivity index (χ1v) is 10.4. The van der Waals surface area contributed by atoms with E-state index >= 15 is 0 Å². The van der Waals surface area contributed by atoms with Crippen LogP contribution in [0.25, 0.3) is 0 Å². The summed E-state index contributed by atoms with van der Waals surface area (Å²) in [7, 11) is 1.93. The van der Waals surface area contributed by atoms with E-state index in [2.05, 4.69) is 31.6 Å². The summed E-state index contributed by atoms with van der Waals surface area (Å²) in [5.74, 6) is 2.95. The third-order valence-electron chi connectivity index (χ3n) is 6.09. The first kappa shape index (κ1) is 16.4. The molecule has 5 heteroatoms. The van der Waals surface area contributed by atoms with Gasteiger partial charge >= 0.3 is 0 Å². The van der Waals surface area contributed by atoms with Gasteiger partial charge in [0.15, 0.2) is 5.96 Å². The van der Waals surface area contributed by atoms with Crippen LogP contribution in [0.1, 0.15) is 36.1 Å². The van der Waals surface area contributed by atoms with Crippen LogP contribution in [0.4, 0.5) is 0 Å². The van der Waals surface area contributed by atoms with Crippen LogP contribution in [-0.2, 0) is 13.0 Å². The summed E-state index contributed by atoms with van der Waals surface area (Å²) in [5.41, 5.74) is 1.54. The third-order valence-corrected chi connectivity index (χ3v) is 7.11. The summed E-state index contributed by atoms with van der Waals surface area (Å²) < 4.78 is 0. The number of likely N-dealkylation sites (tertiary alicyclic amines) is 1. The molecule has 4 nitrogen and oxygen atoms in total. The molecule has 3 heterocycles. The maximum atomic E-state index is 4.55. The Morgan fingerprint density at radius 2 is 2.08 bits per heavy atom. The van der Waals surface area contributed by atoms with Gasteiger partial charge in [-0.25, -0.2) is 0 Å². The highest BCUT2D eigenvalue weighted by atomic mass is 32.1. The Hall–Kier alpha value is -1.07. The topological polar surface area (TPSA) is 30.9 Å². The van der Waals surface area contributed by atoms with Crippen LogP contribution in [-0.4, -0.2) is 55.5 Å². The lowest BCUT2D eigenvalue weighted by molar-refractivity contribution is 0.259. The fraction of sp³-hybridized carbons (Fsp3) is 0.737. The van der Waals surface area contributed by atoms with Crippen molar-refractivity contribution in [3.05, 3.63) is 21.9 Å². The minimum Gasteiger partial charge on any atom is -0.355 e. The molecule has 2 atom stereocenters. The highest BCUT2D eigenvalue weighted by molar-refractivity contribution is 7.10. The molecule has 0 aromatic carbocycles. The van der Waals surface area contributed by atoms with E-state index in [1.165, 1.54) is 51.7 Å². The number of thiophene rings is 1. The van der Waals surface area contributed by atoms with Crippen molar-refractivity contribution in [3.8, 4) is 0 Å². The SMILES string of the molecule is CN=C(NCCN1CCc2sccc2C1)N1CC2CCCCC2C1. The molecule has 0 bridgehead atoms. The largest absolute Gasteiger partial charge is 0.355 e. The van der Waals surface area contributed by atoms with Crippen molar-refractivity contribution in [1.29, 1.82) is 0 Å². The van der Waals surface area contributed by atoms with Crippen LogP contribution in [0, 0.1) is 11.8 Å². The van der Waals surface area contributed by atoms with E-state index in [4.69, 9.17) is 0 Å². The Morgan fingerprint density at radius 1 is 1.29 bits per heavy atom. The fourth-order valence-corrected chi connectivity index (χ4v) is 5.62. The van der Waals surface area contributed by atoms with E-state index in [1.54, 1.807) is 10.4 Å². The molecule has 24 heavy (non-hydrogen) atoms. The van der Waals surface area contributed by atoms with Crippen molar-refractivity contribution in [3.63, 3.8) is 0 Å². The van der Waals surface area contributed by atoms with Crippen LogP contribution in [0.2, 0.25) is 0 Å². The summed E-state index contributed by atoms with van der Waals surface area (Å²) in [6.45, 7) is 6.85. The summed E-state index contributed by atoms with van der Waals surface area (Å²) in [4.78, 5) is 11.2. The molecular weight excluding hydrogens is 316 g/mol. The normalized spacial score (nSPS) is 27.9. The van der Waals surface area contributed by atoms with Crippen molar-refractivity contribution in [2.24, 2.45) is 16.8 Å². The Kier molecular flexibility index (Phi) is 5.09. The standard InChI is InChI=1S/C19H30N4S/c1-20-19(23-13-15-4-2-3-5-16(15)14-23)21-8-10-22-9-6-18-17(12-22)7-11-24-18/h7,11,15-16H,2-6,8-10,12-14H2,1H3,(H,20,21). The predicted molar refractivity (Wildman–Crippen MR) is 102 cm³/mol. The van der Waals surface area contributed by atoms with E-state index in [-0.39, 0.29) is 0 Å². The molecule has 2 fully saturated rings. The number of fused-ring (bicyclic) bond motifs is 2. The lowest BCUT2D eigenvalue weighted by Gasteiger charge is -2.28. The molecule has 132 valence electrons. The number of rotatable bonds is 3. The minimum absolute atomic E-state index is 0.913. The Bertz CT molecular complexity index is 568. The molecule has 2 unspecified atom stereocenters. The van der Waals surface area contributed by atoms with Crippen LogP contribution >= 0.6 is 11.3 Å². The zero-order chi connectivity index (χ0) is 16.4. The van der Waals surface area contributed by atoms with Crippen LogP contribution in [0.3, 0.4) is 0 Å². The Balaban J connectivity index is 1.25. The van der Waals surface area contributed by atoms with Gasteiger partial charge in [0, 0.05) is 51.2 Å². The van der Waals surface area contributed by atoms with Crippen molar-refractivity contribution in [1.82, 2.24) is 15.1 Å². The van der Waals surface area contributed by atoms with Crippen LogP contribution in [0.5, 0.6) is 0 Å². The van der Waals surface area contributed by atoms with Gasteiger partial charge in [-0.15, -0.1) is 11.3 Å². The Labute approximate surface area is 149 Å². The molecule has 1 saturated heterocycles. The Morgan fingerprint density at radius 3 is 2.83 bits per heavy atom. The van der Waals surface area contributed by atoms with Gasteiger partial charge < -0.3 is 10.2 Å². The molecule has 1 aromatic heterocycles. The average molecular weight is 347 g/mol. The van der Waals surface area contributed by atoms with E-state index in [9.17, 15) is 0 Å². The second kappa shape index (κ2) is 7.44. The second-order valence-electron chi connectivity index (χ2n) is 7.58. The van der Waals surface area contributed by atoms with Gasteiger partial charge in [0.05, 0.1) is 0 Å². The van der Waals surface area contributed by atoms with Gasteiger partial charge in [0.1, 0.15) is 0 Å². The second-order valence-corrected chi connectivity index (χ2v) is 8.58. The summed E-state index contributed by atoms with van der Waals surface area (Å²) in [6.07, 6.45) is 6.93. The van der Waals surface area contributed by atoms with Gasteiger partial charge in [0.2, 0.25) is 0 Å². The molecule has 3 aliphatic rings. The smallest absolute Gasteiger partial charge is 0.193 e. The van der Waals surface area contributed by atoms with E-state index in [0.29, 0.717) is 0 Å². The molecule has 1 saturated carbocycles. The lowest BCUT2D eigenvalue weighted by Crippen LogP contribution is -2.44. The van der Waals surface area contributed by atoms with Gasteiger partial charge in [0.25, 0.3) is 0 Å². The first-order chi connectivity index (χ1) is 11.8. The highest BCUT2D eigenvalue weighted by Crippen LogP contribution is 2.35. The molecular formula is C19H30N4S.